The summed E-state index contributed by atoms with van der Waals surface area (Å²) in [7, 11) is 0. The lowest BCUT2D eigenvalue weighted by Gasteiger charge is -2.32. The van der Waals surface area contributed by atoms with Gasteiger partial charge in [-0.3, -0.25) is 4.79 Å². The molecule has 1 saturated carbocycles. The summed E-state index contributed by atoms with van der Waals surface area (Å²) in [6, 6.07) is 5.20. The molecule has 2 atom stereocenters. The summed E-state index contributed by atoms with van der Waals surface area (Å²) in [5.41, 5.74) is 0. The van der Waals surface area contributed by atoms with Crippen LogP contribution < -0.4 is 5.32 Å². The lowest BCUT2D eigenvalue weighted by Crippen LogP contribution is -2.44. The van der Waals surface area contributed by atoms with Crippen LogP contribution in [0.1, 0.15) is 37.5 Å². The molecule has 3 rings (SSSR count). The summed E-state index contributed by atoms with van der Waals surface area (Å²) in [5.74, 6) is 0.626. The van der Waals surface area contributed by atoms with Crippen molar-refractivity contribution in [2.45, 2.75) is 51.2 Å². The first-order valence-corrected chi connectivity index (χ1v) is 8.18. The Morgan fingerprint density at radius 1 is 1.47 bits per heavy atom. The van der Waals surface area contributed by atoms with E-state index in [1.807, 2.05) is 0 Å². The Morgan fingerprint density at radius 3 is 2.95 bits per heavy atom. The largest absolute Gasteiger partial charge is 0.334 e. The molecule has 0 spiro atoms. The van der Waals surface area contributed by atoms with Crippen LogP contribution in [0.2, 0.25) is 0 Å². The van der Waals surface area contributed by atoms with Crippen LogP contribution in [-0.4, -0.2) is 29.4 Å². The van der Waals surface area contributed by atoms with Gasteiger partial charge in [0.1, 0.15) is 0 Å². The van der Waals surface area contributed by atoms with E-state index in [2.05, 4.69) is 34.7 Å². The van der Waals surface area contributed by atoms with Gasteiger partial charge in [0, 0.05) is 22.9 Å². The van der Waals surface area contributed by atoms with Crippen molar-refractivity contribution >= 4 is 17.2 Å². The Balaban J connectivity index is 1.67. The van der Waals surface area contributed by atoms with Crippen molar-refractivity contribution in [1.29, 1.82) is 0 Å². The number of amides is 1. The summed E-state index contributed by atoms with van der Waals surface area (Å²) in [5, 5.41) is 5.52. The molecule has 104 valence electrons. The molecule has 1 aliphatic carbocycles. The van der Waals surface area contributed by atoms with Crippen LogP contribution in [0.15, 0.2) is 17.5 Å². The second-order valence-corrected chi connectivity index (χ2v) is 6.89. The highest BCUT2D eigenvalue weighted by Gasteiger charge is 2.37. The van der Waals surface area contributed by atoms with Crippen LogP contribution >= 0.6 is 11.3 Å². The molecule has 2 fully saturated rings. The van der Waals surface area contributed by atoms with E-state index in [9.17, 15) is 4.79 Å². The minimum absolute atomic E-state index is 0.233. The standard InChI is InChI=1S/C15H22N2OS/c1-11-9-12(6-7-16-11)15(18)17(13-4-5-13)10-14-3-2-8-19-14/h2-3,8,11-13,16H,4-7,9-10H2,1H3/t11-,12-/m0/s1. The number of carbonyl (C=O) groups is 1. The highest BCUT2D eigenvalue weighted by molar-refractivity contribution is 7.09. The molecule has 1 aliphatic heterocycles. The van der Waals surface area contributed by atoms with Crippen molar-refractivity contribution in [1.82, 2.24) is 10.2 Å². The molecule has 1 saturated heterocycles. The smallest absolute Gasteiger partial charge is 0.226 e. The molecule has 19 heavy (non-hydrogen) atoms. The summed E-state index contributed by atoms with van der Waals surface area (Å²) in [6.07, 6.45) is 4.37. The van der Waals surface area contributed by atoms with Crippen molar-refractivity contribution in [2.24, 2.45) is 5.92 Å². The maximum Gasteiger partial charge on any atom is 0.226 e. The van der Waals surface area contributed by atoms with E-state index in [-0.39, 0.29) is 5.92 Å². The van der Waals surface area contributed by atoms with E-state index >= 15 is 0 Å². The van der Waals surface area contributed by atoms with Gasteiger partial charge < -0.3 is 10.2 Å². The molecule has 2 aliphatic rings. The van der Waals surface area contributed by atoms with Crippen molar-refractivity contribution in [3.8, 4) is 0 Å². The van der Waals surface area contributed by atoms with E-state index in [0.717, 1.165) is 25.9 Å². The van der Waals surface area contributed by atoms with Gasteiger partial charge >= 0.3 is 0 Å². The highest BCUT2D eigenvalue weighted by Crippen LogP contribution is 2.32. The third kappa shape index (κ3) is 3.18. The Bertz CT molecular complexity index is 427. The first-order valence-electron chi connectivity index (χ1n) is 7.30. The minimum Gasteiger partial charge on any atom is -0.334 e. The maximum absolute atomic E-state index is 12.8. The summed E-state index contributed by atoms with van der Waals surface area (Å²) in [6.45, 7) is 3.98. The second-order valence-electron chi connectivity index (χ2n) is 5.85. The molecule has 3 nitrogen and oxygen atoms in total. The number of piperidine rings is 1. The van der Waals surface area contributed by atoms with Crippen molar-refractivity contribution < 1.29 is 4.79 Å². The molecule has 0 unspecified atom stereocenters. The lowest BCUT2D eigenvalue weighted by atomic mass is 9.92. The fourth-order valence-corrected chi connectivity index (χ4v) is 3.64. The van der Waals surface area contributed by atoms with Gasteiger partial charge in [0.05, 0.1) is 6.54 Å². The van der Waals surface area contributed by atoms with Crippen molar-refractivity contribution in [3.05, 3.63) is 22.4 Å². The number of carbonyl (C=O) groups excluding carboxylic acids is 1. The van der Waals surface area contributed by atoms with Crippen LogP contribution in [0.4, 0.5) is 0 Å². The molecule has 0 radical (unpaired) electrons. The molecule has 1 aromatic heterocycles. The van der Waals surface area contributed by atoms with Gasteiger partial charge in [0.25, 0.3) is 0 Å². The molecule has 1 aromatic rings. The predicted molar refractivity (Wildman–Crippen MR) is 78.1 cm³/mol. The summed E-state index contributed by atoms with van der Waals surface area (Å²) in [4.78, 5) is 16.2. The minimum atomic E-state index is 0.233. The topological polar surface area (TPSA) is 32.3 Å². The molecule has 1 N–H and O–H groups in total. The zero-order valence-corrected chi connectivity index (χ0v) is 12.3. The first-order chi connectivity index (χ1) is 9.24. The number of nitrogens with one attached hydrogen (secondary N) is 1. The van der Waals surface area contributed by atoms with Crippen molar-refractivity contribution in [2.75, 3.05) is 6.54 Å². The SMILES string of the molecule is C[C@H]1C[C@@H](C(=O)N(Cc2cccs2)C2CC2)CCN1. The Labute approximate surface area is 119 Å². The van der Waals surface area contributed by atoms with Gasteiger partial charge in [0.2, 0.25) is 5.91 Å². The van der Waals surface area contributed by atoms with Gasteiger partial charge in [-0.15, -0.1) is 11.3 Å². The molecule has 4 heteroatoms. The van der Waals surface area contributed by atoms with E-state index in [0.29, 0.717) is 18.0 Å². The van der Waals surface area contributed by atoms with E-state index in [1.165, 1.54) is 17.7 Å². The average Bonchev–Trinajstić information content (AvgIpc) is 3.12. The number of thiophene rings is 1. The van der Waals surface area contributed by atoms with Crippen LogP contribution in [-0.2, 0) is 11.3 Å². The zero-order chi connectivity index (χ0) is 13.2. The molecule has 0 aromatic carbocycles. The van der Waals surface area contributed by atoms with Gasteiger partial charge in [0.15, 0.2) is 0 Å². The normalized spacial score (nSPS) is 27.2. The van der Waals surface area contributed by atoms with Crippen molar-refractivity contribution in [3.63, 3.8) is 0 Å². The van der Waals surface area contributed by atoms with Crippen LogP contribution in [0.25, 0.3) is 0 Å². The fourth-order valence-electron chi connectivity index (χ4n) is 2.93. The van der Waals surface area contributed by atoms with E-state index in [1.54, 1.807) is 11.3 Å². The first kappa shape index (κ1) is 13.1. The van der Waals surface area contributed by atoms with Gasteiger partial charge in [-0.05, 0) is 50.6 Å². The van der Waals surface area contributed by atoms with E-state index in [4.69, 9.17) is 0 Å². The Hall–Kier alpha value is -0.870. The fraction of sp³-hybridized carbons (Fsp3) is 0.667. The molecule has 2 heterocycles. The third-order valence-electron chi connectivity index (χ3n) is 4.15. The van der Waals surface area contributed by atoms with Gasteiger partial charge in [-0.1, -0.05) is 6.07 Å². The molecular formula is C15H22N2OS. The monoisotopic (exact) mass is 278 g/mol. The highest BCUT2D eigenvalue weighted by atomic mass is 32.1. The number of hydrogen-bond donors (Lipinski definition) is 1. The zero-order valence-electron chi connectivity index (χ0n) is 11.5. The molecular weight excluding hydrogens is 256 g/mol. The quantitative estimate of drug-likeness (QED) is 0.918. The van der Waals surface area contributed by atoms with Crippen LogP contribution in [0.5, 0.6) is 0 Å². The molecule has 1 amide bonds. The Kier molecular flexibility index (Phi) is 3.89. The third-order valence-corrected chi connectivity index (χ3v) is 5.01. The van der Waals surface area contributed by atoms with Gasteiger partial charge in [-0.25, -0.2) is 0 Å². The number of rotatable bonds is 4. The summed E-state index contributed by atoms with van der Waals surface area (Å²) >= 11 is 1.75. The van der Waals surface area contributed by atoms with Crippen LogP contribution in [0, 0.1) is 5.92 Å². The van der Waals surface area contributed by atoms with Crippen LogP contribution in [0.3, 0.4) is 0 Å². The van der Waals surface area contributed by atoms with E-state index < -0.39 is 0 Å². The molecule has 0 bridgehead atoms. The number of nitrogens with zero attached hydrogens (tertiary/aromatic N) is 1. The predicted octanol–water partition coefficient (Wildman–Crippen LogP) is 2.63. The second kappa shape index (κ2) is 5.63. The maximum atomic E-state index is 12.8. The van der Waals surface area contributed by atoms with Gasteiger partial charge in [-0.2, -0.15) is 0 Å². The summed E-state index contributed by atoms with van der Waals surface area (Å²) < 4.78 is 0. The average molecular weight is 278 g/mol. The Morgan fingerprint density at radius 2 is 2.32 bits per heavy atom. The number of hydrogen-bond acceptors (Lipinski definition) is 3. The lowest BCUT2D eigenvalue weighted by molar-refractivity contribution is -0.137.